The Bertz CT molecular complexity index is 546. The Morgan fingerprint density at radius 3 is 2.47 bits per heavy atom. The van der Waals surface area contributed by atoms with Gasteiger partial charge in [0.1, 0.15) is 15.8 Å². The van der Waals surface area contributed by atoms with Gasteiger partial charge in [0.15, 0.2) is 0 Å². The van der Waals surface area contributed by atoms with Crippen LogP contribution in [-0.2, 0) is 14.8 Å². The van der Waals surface area contributed by atoms with Crippen molar-refractivity contribution in [3.05, 3.63) is 16.3 Å². The normalized spacial score (nSPS) is 13.2. The second kappa shape index (κ2) is 4.82. The topological polar surface area (TPSA) is 121 Å². The smallest absolute Gasteiger partial charge is 0.347 e. The van der Waals surface area contributed by atoms with Crippen molar-refractivity contribution in [2.75, 3.05) is 0 Å². The number of carbonyl (C=O) groups is 2. The Hall–Kier alpha value is -1.45. The third-order valence-corrected chi connectivity index (χ3v) is 4.43. The molecule has 3 N–H and O–H groups in total. The molecule has 0 fully saturated rings. The minimum Gasteiger partial charge on any atom is -0.480 e. The summed E-state index contributed by atoms with van der Waals surface area (Å²) in [4.78, 5) is 20.5. The first-order valence-corrected chi connectivity index (χ1v) is 6.68. The van der Waals surface area contributed by atoms with Crippen molar-refractivity contribution in [3.63, 3.8) is 0 Å². The van der Waals surface area contributed by atoms with Crippen molar-refractivity contribution < 1.29 is 28.2 Å². The molecular weight excluding hydrogens is 270 g/mol. The third kappa shape index (κ3) is 3.02. The molecule has 1 atom stereocenters. The van der Waals surface area contributed by atoms with Gasteiger partial charge in [0.05, 0.1) is 0 Å². The van der Waals surface area contributed by atoms with Crippen LogP contribution in [0.25, 0.3) is 0 Å². The lowest BCUT2D eigenvalue weighted by Gasteiger charge is -2.09. The van der Waals surface area contributed by atoms with Gasteiger partial charge in [-0.1, -0.05) is 0 Å². The Morgan fingerprint density at radius 2 is 2.00 bits per heavy atom. The maximum absolute atomic E-state index is 11.7. The molecule has 1 rings (SSSR count). The fourth-order valence-electron chi connectivity index (χ4n) is 1.01. The monoisotopic (exact) mass is 279 g/mol. The zero-order valence-electron chi connectivity index (χ0n) is 8.58. The highest BCUT2D eigenvalue weighted by Crippen LogP contribution is 2.21. The van der Waals surface area contributed by atoms with Crippen LogP contribution in [0.2, 0.25) is 0 Å². The molecule has 0 radical (unpaired) electrons. The first-order chi connectivity index (χ1) is 7.75. The molecule has 0 aromatic carbocycles. The van der Waals surface area contributed by atoms with E-state index in [0.717, 1.165) is 24.3 Å². The minimum atomic E-state index is -4.14. The first kappa shape index (κ1) is 13.6. The Morgan fingerprint density at radius 1 is 1.41 bits per heavy atom. The Balaban J connectivity index is 3.10. The van der Waals surface area contributed by atoms with Crippen LogP contribution in [0.4, 0.5) is 0 Å². The molecule has 1 aromatic rings. The molecule has 0 aliphatic heterocycles. The van der Waals surface area contributed by atoms with E-state index in [-0.39, 0.29) is 4.88 Å². The highest BCUT2D eigenvalue weighted by atomic mass is 32.2. The van der Waals surface area contributed by atoms with E-state index < -0.39 is 32.9 Å². The van der Waals surface area contributed by atoms with Crippen LogP contribution in [0.1, 0.15) is 16.6 Å². The second-order valence-corrected chi connectivity index (χ2v) is 5.70. The number of carboxylic acid groups (broad SMARTS) is 2. The van der Waals surface area contributed by atoms with Crippen molar-refractivity contribution >= 4 is 33.3 Å². The lowest BCUT2D eigenvalue weighted by molar-refractivity contribution is -0.138. The molecule has 1 aromatic heterocycles. The number of hydrogen-bond donors (Lipinski definition) is 3. The summed E-state index contributed by atoms with van der Waals surface area (Å²) in [6, 6.07) is -0.216. The van der Waals surface area contributed by atoms with Gasteiger partial charge >= 0.3 is 11.9 Å². The van der Waals surface area contributed by atoms with Crippen molar-refractivity contribution in [3.8, 4) is 0 Å². The third-order valence-electron chi connectivity index (χ3n) is 1.82. The molecule has 0 spiro atoms. The molecule has 0 aliphatic carbocycles. The van der Waals surface area contributed by atoms with E-state index in [0.29, 0.717) is 0 Å². The number of sulfonamides is 1. The molecule has 0 bridgehead atoms. The highest BCUT2D eigenvalue weighted by Gasteiger charge is 2.27. The number of thiophene rings is 1. The summed E-state index contributed by atoms with van der Waals surface area (Å²) in [6.07, 6.45) is 0. The van der Waals surface area contributed by atoms with Crippen molar-refractivity contribution in [2.45, 2.75) is 17.9 Å². The molecule has 0 saturated heterocycles. The van der Waals surface area contributed by atoms with Gasteiger partial charge in [-0.2, -0.15) is 4.72 Å². The summed E-state index contributed by atoms with van der Waals surface area (Å²) in [5.74, 6) is -2.72. The molecule has 1 heterocycles. The first-order valence-electron chi connectivity index (χ1n) is 4.31. The number of hydrogen-bond acceptors (Lipinski definition) is 5. The van der Waals surface area contributed by atoms with E-state index in [1.54, 1.807) is 0 Å². The molecular formula is C8H9NO6S2. The van der Waals surface area contributed by atoms with Crippen molar-refractivity contribution in [1.82, 2.24) is 4.72 Å². The van der Waals surface area contributed by atoms with Crippen molar-refractivity contribution in [2.24, 2.45) is 0 Å². The van der Waals surface area contributed by atoms with Crippen LogP contribution in [0.3, 0.4) is 0 Å². The molecule has 94 valence electrons. The summed E-state index contributed by atoms with van der Waals surface area (Å²) in [6.45, 7) is 1.15. The van der Waals surface area contributed by atoms with Crippen LogP contribution in [-0.4, -0.2) is 36.6 Å². The fourth-order valence-corrected chi connectivity index (χ4v) is 3.47. The summed E-state index contributed by atoms with van der Waals surface area (Å²) in [5.41, 5.74) is 0. The van der Waals surface area contributed by atoms with Crippen molar-refractivity contribution in [1.29, 1.82) is 0 Å². The summed E-state index contributed by atoms with van der Waals surface area (Å²) in [7, 11) is -4.14. The summed E-state index contributed by atoms with van der Waals surface area (Å²) < 4.78 is 25.3. The Kier molecular flexibility index (Phi) is 3.86. The zero-order chi connectivity index (χ0) is 13.2. The lowest BCUT2D eigenvalue weighted by atomic mass is 10.4. The fraction of sp³-hybridized carbons (Fsp3) is 0.250. The zero-order valence-corrected chi connectivity index (χ0v) is 10.2. The van der Waals surface area contributed by atoms with Gasteiger partial charge in [-0.05, 0) is 18.4 Å². The van der Waals surface area contributed by atoms with Crippen LogP contribution in [0, 0.1) is 0 Å². The summed E-state index contributed by atoms with van der Waals surface area (Å²) in [5, 5.41) is 18.7. The Labute approximate surface area is 101 Å². The maximum Gasteiger partial charge on any atom is 0.347 e. The second-order valence-electron chi connectivity index (χ2n) is 3.10. The van der Waals surface area contributed by atoms with E-state index in [4.69, 9.17) is 10.2 Å². The number of aromatic carboxylic acids is 1. The molecule has 0 aliphatic rings. The SMILES string of the molecule is C[C@@H](NS(=O)(=O)c1ccsc1C(=O)O)C(=O)O. The number of rotatable bonds is 5. The van der Waals surface area contributed by atoms with Crippen LogP contribution in [0.5, 0.6) is 0 Å². The number of aliphatic carboxylic acids is 1. The summed E-state index contributed by atoms with van der Waals surface area (Å²) >= 11 is 0.754. The lowest BCUT2D eigenvalue weighted by Crippen LogP contribution is -2.38. The molecule has 0 saturated carbocycles. The van der Waals surface area contributed by atoms with E-state index in [2.05, 4.69) is 0 Å². The predicted octanol–water partition coefficient (Wildman–Crippen LogP) is 0.198. The number of nitrogens with one attached hydrogen (secondary N) is 1. The molecule has 17 heavy (non-hydrogen) atoms. The van der Waals surface area contributed by atoms with Gasteiger partial charge in [-0.3, -0.25) is 4.79 Å². The van der Waals surface area contributed by atoms with E-state index >= 15 is 0 Å². The number of carboxylic acids is 2. The van der Waals surface area contributed by atoms with Gasteiger partial charge in [0, 0.05) is 0 Å². The van der Waals surface area contributed by atoms with Gasteiger partial charge < -0.3 is 10.2 Å². The van der Waals surface area contributed by atoms with Gasteiger partial charge in [-0.25, -0.2) is 13.2 Å². The maximum atomic E-state index is 11.7. The quantitative estimate of drug-likeness (QED) is 0.708. The molecule has 7 nitrogen and oxygen atoms in total. The van der Waals surface area contributed by atoms with Crippen LogP contribution >= 0.6 is 11.3 Å². The van der Waals surface area contributed by atoms with Gasteiger partial charge in [-0.15, -0.1) is 11.3 Å². The molecule has 9 heteroatoms. The van der Waals surface area contributed by atoms with Gasteiger partial charge in [0.25, 0.3) is 0 Å². The molecule has 0 unspecified atom stereocenters. The highest BCUT2D eigenvalue weighted by molar-refractivity contribution is 7.89. The van der Waals surface area contributed by atoms with Crippen LogP contribution < -0.4 is 4.72 Å². The molecule has 0 amide bonds. The predicted molar refractivity (Wildman–Crippen MR) is 58.7 cm³/mol. The van der Waals surface area contributed by atoms with E-state index in [1.165, 1.54) is 5.38 Å². The van der Waals surface area contributed by atoms with Crippen LogP contribution in [0.15, 0.2) is 16.3 Å². The average molecular weight is 279 g/mol. The standard InChI is InChI=1S/C8H9NO6S2/c1-4(7(10)11)9-17(14,15)5-2-3-16-6(5)8(12)13/h2-4,9H,1H3,(H,10,11)(H,12,13)/t4-/m1/s1. The minimum absolute atomic E-state index is 0.352. The average Bonchev–Trinajstić information content (AvgIpc) is 2.65. The largest absolute Gasteiger partial charge is 0.480 e. The van der Waals surface area contributed by atoms with E-state index in [1.807, 2.05) is 4.72 Å². The van der Waals surface area contributed by atoms with E-state index in [9.17, 15) is 18.0 Å². The van der Waals surface area contributed by atoms with Gasteiger partial charge in [0.2, 0.25) is 10.0 Å².